The predicted octanol–water partition coefficient (Wildman–Crippen LogP) is 4.29. The van der Waals surface area contributed by atoms with Crippen LogP contribution in [0.3, 0.4) is 0 Å². The topological polar surface area (TPSA) is 9.23 Å². The lowest BCUT2D eigenvalue weighted by Crippen LogP contribution is -1.81. The zero-order chi connectivity index (χ0) is 11.2. The molecule has 0 aliphatic carbocycles. The molecule has 0 saturated carbocycles. The van der Waals surface area contributed by atoms with E-state index in [0.717, 1.165) is 6.42 Å². The highest BCUT2D eigenvalue weighted by Gasteiger charge is 1.89. The van der Waals surface area contributed by atoms with Gasteiger partial charge >= 0.3 is 0 Å². The van der Waals surface area contributed by atoms with E-state index in [9.17, 15) is 0 Å². The summed E-state index contributed by atoms with van der Waals surface area (Å²) in [6.45, 7) is 2.63. The molecule has 0 aromatic carbocycles. The Kier molecular flexibility index (Phi) is 12.3. The average molecular weight is 208 g/mol. The van der Waals surface area contributed by atoms with Crippen molar-refractivity contribution in [2.45, 2.75) is 58.3 Å². The van der Waals surface area contributed by atoms with Gasteiger partial charge in [0, 0.05) is 0 Å². The molecule has 1 nitrogen and oxygen atoms in total. The fraction of sp³-hybridized carbons (Fsp3) is 0.714. The molecule has 0 rings (SSSR count). The number of unbranched alkanes of at least 4 members (excludes halogenated alkanes) is 7. The van der Waals surface area contributed by atoms with E-state index in [-0.39, 0.29) is 0 Å². The van der Waals surface area contributed by atoms with Crippen molar-refractivity contribution < 1.29 is 4.74 Å². The standard InChI is InChI=1S/C14H24O/c1-3-5-6-7-8-9-10-11-12-14-15-13-4-2/h2,12,14H,3,5-11,13H2,1H3. The molecule has 0 aliphatic heterocycles. The monoisotopic (exact) mass is 208 g/mol. The van der Waals surface area contributed by atoms with E-state index in [0.29, 0.717) is 6.61 Å². The molecule has 0 N–H and O–H groups in total. The van der Waals surface area contributed by atoms with Crippen molar-refractivity contribution in [3.63, 3.8) is 0 Å². The number of rotatable bonds is 10. The summed E-state index contributed by atoms with van der Waals surface area (Å²) in [6.07, 6.45) is 19.4. The van der Waals surface area contributed by atoms with Crippen LogP contribution in [-0.4, -0.2) is 6.61 Å². The van der Waals surface area contributed by atoms with E-state index in [2.05, 4.69) is 18.9 Å². The number of ether oxygens (including phenoxy) is 1. The quantitative estimate of drug-likeness (QED) is 0.295. The highest BCUT2D eigenvalue weighted by molar-refractivity contribution is 4.85. The first-order valence-corrected chi connectivity index (χ1v) is 6.12. The molecule has 0 aliphatic rings. The second-order valence-electron chi connectivity index (χ2n) is 3.80. The number of terminal acetylenes is 1. The number of hydrogen-bond acceptors (Lipinski definition) is 1. The summed E-state index contributed by atoms with van der Waals surface area (Å²) < 4.78 is 5.03. The summed E-state index contributed by atoms with van der Waals surface area (Å²) in [5.74, 6) is 2.42. The molecule has 0 aromatic heterocycles. The Morgan fingerprint density at radius 2 is 1.73 bits per heavy atom. The van der Waals surface area contributed by atoms with Gasteiger partial charge in [-0.2, -0.15) is 0 Å². The predicted molar refractivity (Wildman–Crippen MR) is 66.5 cm³/mol. The van der Waals surface area contributed by atoms with E-state index in [1.165, 1.54) is 44.9 Å². The zero-order valence-electron chi connectivity index (χ0n) is 10.0. The maximum atomic E-state index is 5.04. The molecule has 1 heteroatoms. The molecule has 0 spiro atoms. The van der Waals surface area contributed by atoms with Crippen molar-refractivity contribution in [2.24, 2.45) is 0 Å². The van der Waals surface area contributed by atoms with E-state index in [1.54, 1.807) is 6.26 Å². The van der Waals surface area contributed by atoms with Crippen molar-refractivity contribution in [1.29, 1.82) is 0 Å². The lowest BCUT2D eigenvalue weighted by molar-refractivity contribution is 0.295. The first-order valence-electron chi connectivity index (χ1n) is 6.12. The highest BCUT2D eigenvalue weighted by Crippen LogP contribution is 2.08. The van der Waals surface area contributed by atoms with Crippen molar-refractivity contribution >= 4 is 0 Å². The Hall–Kier alpha value is -0.900. The van der Waals surface area contributed by atoms with Crippen molar-refractivity contribution in [2.75, 3.05) is 6.61 Å². The SMILES string of the molecule is C#CCOC=CCCCCCCCCC. The third-order valence-corrected chi connectivity index (χ3v) is 2.33. The summed E-state index contributed by atoms with van der Waals surface area (Å²) in [5, 5.41) is 0. The van der Waals surface area contributed by atoms with E-state index >= 15 is 0 Å². The van der Waals surface area contributed by atoms with Crippen molar-refractivity contribution in [3.05, 3.63) is 12.3 Å². The van der Waals surface area contributed by atoms with Crippen LogP contribution in [0.5, 0.6) is 0 Å². The van der Waals surface area contributed by atoms with Gasteiger partial charge in [-0.25, -0.2) is 0 Å². The molecule has 15 heavy (non-hydrogen) atoms. The molecule has 0 saturated heterocycles. The van der Waals surface area contributed by atoms with E-state index in [1.807, 2.05) is 0 Å². The third-order valence-electron chi connectivity index (χ3n) is 2.33. The third kappa shape index (κ3) is 13.1. The minimum Gasteiger partial charge on any atom is -0.489 e. The Morgan fingerprint density at radius 1 is 1.07 bits per heavy atom. The number of allylic oxidation sites excluding steroid dienone is 1. The van der Waals surface area contributed by atoms with Crippen LogP contribution in [0.4, 0.5) is 0 Å². The van der Waals surface area contributed by atoms with Gasteiger partial charge in [0.1, 0.15) is 6.61 Å². The highest BCUT2D eigenvalue weighted by atomic mass is 16.5. The maximum absolute atomic E-state index is 5.04. The first kappa shape index (κ1) is 14.1. The van der Waals surface area contributed by atoms with Crippen molar-refractivity contribution in [3.8, 4) is 12.3 Å². The minimum absolute atomic E-state index is 0.382. The lowest BCUT2D eigenvalue weighted by atomic mass is 10.1. The molecule has 86 valence electrons. The Balaban J connectivity index is 2.98. The molecule has 0 heterocycles. The van der Waals surface area contributed by atoms with Crippen LogP contribution in [0.1, 0.15) is 58.3 Å². The molecule has 0 radical (unpaired) electrons. The van der Waals surface area contributed by atoms with Gasteiger partial charge in [0.25, 0.3) is 0 Å². The van der Waals surface area contributed by atoms with Crippen LogP contribution in [0.2, 0.25) is 0 Å². The normalized spacial score (nSPS) is 10.4. The van der Waals surface area contributed by atoms with Gasteiger partial charge in [0.05, 0.1) is 6.26 Å². The second kappa shape index (κ2) is 13.1. The van der Waals surface area contributed by atoms with E-state index in [4.69, 9.17) is 11.2 Å². The first-order chi connectivity index (χ1) is 7.41. The van der Waals surface area contributed by atoms with Crippen LogP contribution < -0.4 is 0 Å². The zero-order valence-corrected chi connectivity index (χ0v) is 10.0. The van der Waals surface area contributed by atoms with Crippen LogP contribution in [0, 0.1) is 12.3 Å². The summed E-state index contributed by atoms with van der Waals surface area (Å²) in [4.78, 5) is 0. The molecule has 0 amide bonds. The largest absolute Gasteiger partial charge is 0.489 e. The summed E-state index contributed by atoms with van der Waals surface area (Å²) in [6, 6.07) is 0. The molecule has 0 fully saturated rings. The van der Waals surface area contributed by atoms with Gasteiger partial charge in [0.2, 0.25) is 0 Å². The Morgan fingerprint density at radius 3 is 2.40 bits per heavy atom. The molecule has 0 bridgehead atoms. The van der Waals surface area contributed by atoms with Crippen LogP contribution in [0.15, 0.2) is 12.3 Å². The van der Waals surface area contributed by atoms with Crippen LogP contribution in [0.25, 0.3) is 0 Å². The average Bonchev–Trinajstić information content (AvgIpc) is 2.26. The Labute approximate surface area is 94.9 Å². The van der Waals surface area contributed by atoms with Gasteiger partial charge < -0.3 is 4.74 Å². The molecule has 0 unspecified atom stereocenters. The fourth-order valence-electron chi connectivity index (χ4n) is 1.45. The van der Waals surface area contributed by atoms with Crippen LogP contribution in [-0.2, 0) is 4.74 Å². The minimum atomic E-state index is 0.382. The van der Waals surface area contributed by atoms with Gasteiger partial charge in [0.15, 0.2) is 0 Å². The molecule has 0 aromatic rings. The van der Waals surface area contributed by atoms with Crippen molar-refractivity contribution in [1.82, 2.24) is 0 Å². The Bertz CT molecular complexity index is 176. The van der Waals surface area contributed by atoms with Gasteiger partial charge in [-0.1, -0.05) is 51.4 Å². The summed E-state index contributed by atoms with van der Waals surface area (Å²) in [7, 11) is 0. The smallest absolute Gasteiger partial charge is 0.147 e. The second-order valence-corrected chi connectivity index (χ2v) is 3.80. The maximum Gasteiger partial charge on any atom is 0.147 e. The molecular weight excluding hydrogens is 184 g/mol. The van der Waals surface area contributed by atoms with Gasteiger partial charge in [-0.05, 0) is 18.9 Å². The summed E-state index contributed by atoms with van der Waals surface area (Å²) in [5.41, 5.74) is 0. The number of hydrogen-bond donors (Lipinski definition) is 0. The van der Waals surface area contributed by atoms with E-state index < -0.39 is 0 Å². The fourth-order valence-corrected chi connectivity index (χ4v) is 1.45. The molecule has 0 atom stereocenters. The summed E-state index contributed by atoms with van der Waals surface area (Å²) >= 11 is 0. The van der Waals surface area contributed by atoms with Crippen LogP contribution >= 0.6 is 0 Å². The van der Waals surface area contributed by atoms with Gasteiger partial charge in [-0.3, -0.25) is 0 Å². The lowest BCUT2D eigenvalue weighted by Gasteiger charge is -1.98. The van der Waals surface area contributed by atoms with Gasteiger partial charge in [-0.15, -0.1) is 6.42 Å². The molecular formula is C14H24O.